The van der Waals surface area contributed by atoms with Crippen LogP contribution < -0.4 is 4.74 Å². The van der Waals surface area contributed by atoms with Gasteiger partial charge >= 0.3 is 6.61 Å². The van der Waals surface area contributed by atoms with Crippen molar-refractivity contribution in [2.24, 2.45) is 0 Å². The number of imidazole rings is 1. The van der Waals surface area contributed by atoms with Gasteiger partial charge in [-0.05, 0) is 18.2 Å². The van der Waals surface area contributed by atoms with Gasteiger partial charge in [-0.25, -0.2) is 9.37 Å². The van der Waals surface area contributed by atoms with Crippen LogP contribution in [0.4, 0.5) is 13.2 Å². The lowest BCUT2D eigenvalue weighted by Crippen LogP contribution is -2.11. The van der Waals surface area contributed by atoms with E-state index in [9.17, 15) is 18.3 Å². The van der Waals surface area contributed by atoms with E-state index >= 15 is 0 Å². The van der Waals surface area contributed by atoms with Crippen LogP contribution in [0.3, 0.4) is 0 Å². The number of aromatic nitrogens is 2. The Bertz CT molecular complexity index is 1010. The van der Waals surface area contributed by atoms with Gasteiger partial charge in [-0.15, -0.1) is 0 Å². The van der Waals surface area contributed by atoms with E-state index in [1.165, 1.54) is 18.2 Å². The molecule has 2 heterocycles. The fourth-order valence-electron chi connectivity index (χ4n) is 3.38. The number of aliphatic hydroxyl groups excluding tert-OH is 1. The number of hydrogen-bond donors (Lipinski definition) is 1. The van der Waals surface area contributed by atoms with Crippen LogP contribution in [0.5, 0.6) is 5.75 Å². The molecule has 3 aromatic rings. The first kappa shape index (κ1) is 17.6. The standard InChI is InChI=1S/C17H11BrClF3N2O2/c18-7-2-1-3-14(26-17(21)22)15(7)12-6-13(25)16-23-10-5-9(20)8(19)4-11(10)24(12)16/h1-5,12-13,17,25H,6H2/t12-,13?/m1/s1. The summed E-state index contributed by atoms with van der Waals surface area (Å²) in [5.41, 5.74) is 1.28. The van der Waals surface area contributed by atoms with Crippen molar-refractivity contribution in [3.05, 3.63) is 57.0 Å². The van der Waals surface area contributed by atoms with Gasteiger partial charge in [0.1, 0.15) is 23.5 Å². The minimum atomic E-state index is -2.99. The molecule has 4 rings (SSSR count). The summed E-state index contributed by atoms with van der Waals surface area (Å²) in [7, 11) is 0. The first-order valence-electron chi connectivity index (χ1n) is 7.65. The van der Waals surface area contributed by atoms with Crippen LogP contribution in [0.15, 0.2) is 34.8 Å². The summed E-state index contributed by atoms with van der Waals surface area (Å²) in [6.45, 7) is -2.99. The second-order valence-corrected chi connectivity index (χ2v) is 7.15. The predicted octanol–water partition coefficient (Wildman–Crippen LogP) is 5.22. The molecule has 0 fully saturated rings. The Kier molecular flexibility index (Phi) is 4.37. The van der Waals surface area contributed by atoms with Crippen molar-refractivity contribution in [3.63, 3.8) is 0 Å². The molecule has 0 aliphatic carbocycles. The van der Waals surface area contributed by atoms with Crippen molar-refractivity contribution in [1.29, 1.82) is 0 Å². The van der Waals surface area contributed by atoms with Gasteiger partial charge in [0.05, 0.1) is 22.1 Å². The number of ether oxygens (including phenoxy) is 1. The maximum absolute atomic E-state index is 13.7. The summed E-state index contributed by atoms with van der Waals surface area (Å²) >= 11 is 9.27. The zero-order valence-corrected chi connectivity index (χ0v) is 15.3. The fourth-order valence-corrected chi connectivity index (χ4v) is 4.15. The van der Waals surface area contributed by atoms with Crippen LogP contribution in [-0.2, 0) is 0 Å². The molecule has 0 bridgehead atoms. The fraction of sp³-hybridized carbons (Fsp3) is 0.235. The molecule has 0 saturated heterocycles. The zero-order chi connectivity index (χ0) is 18.6. The summed E-state index contributed by atoms with van der Waals surface area (Å²) in [6, 6.07) is 6.78. The number of aliphatic hydroxyl groups is 1. The number of hydrogen-bond acceptors (Lipinski definition) is 3. The summed E-state index contributed by atoms with van der Waals surface area (Å²) in [6.07, 6.45) is -0.712. The Morgan fingerprint density at radius 1 is 1.35 bits per heavy atom. The van der Waals surface area contributed by atoms with Crippen LogP contribution >= 0.6 is 27.5 Å². The third kappa shape index (κ3) is 2.76. The highest BCUT2D eigenvalue weighted by atomic mass is 79.9. The molecule has 4 nitrogen and oxygen atoms in total. The van der Waals surface area contributed by atoms with Crippen molar-refractivity contribution < 1.29 is 23.0 Å². The quantitative estimate of drug-likeness (QED) is 0.599. The predicted molar refractivity (Wildman–Crippen MR) is 93.2 cm³/mol. The second kappa shape index (κ2) is 6.44. The Morgan fingerprint density at radius 2 is 2.12 bits per heavy atom. The highest BCUT2D eigenvalue weighted by Crippen LogP contribution is 2.46. The summed E-state index contributed by atoms with van der Waals surface area (Å²) < 4.78 is 46.3. The van der Waals surface area contributed by atoms with E-state index < -0.39 is 24.6 Å². The van der Waals surface area contributed by atoms with Gasteiger partial charge in [0, 0.05) is 22.5 Å². The lowest BCUT2D eigenvalue weighted by Gasteiger charge is -2.20. The maximum Gasteiger partial charge on any atom is 0.387 e. The Morgan fingerprint density at radius 3 is 2.85 bits per heavy atom. The SMILES string of the molecule is OC1C[C@H](c2c(Br)cccc2OC(F)F)n2c1nc1cc(F)c(Cl)cc12. The molecule has 2 aromatic carbocycles. The van der Waals surface area contributed by atoms with E-state index in [-0.39, 0.29) is 17.2 Å². The number of benzene rings is 2. The maximum atomic E-state index is 13.7. The van der Waals surface area contributed by atoms with Crippen molar-refractivity contribution in [1.82, 2.24) is 9.55 Å². The Hall–Kier alpha value is -1.77. The molecular weight excluding hydrogens is 437 g/mol. The zero-order valence-electron chi connectivity index (χ0n) is 13.0. The molecule has 26 heavy (non-hydrogen) atoms. The Balaban J connectivity index is 1.94. The molecule has 1 aliphatic heterocycles. The molecule has 1 unspecified atom stereocenters. The highest BCUT2D eigenvalue weighted by molar-refractivity contribution is 9.10. The lowest BCUT2D eigenvalue weighted by atomic mass is 10.0. The summed E-state index contributed by atoms with van der Waals surface area (Å²) in [5, 5.41) is 10.3. The minimum absolute atomic E-state index is 0.00511. The van der Waals surface area contributed by atoms with Gasteiger partial charge in [-0.3, -0.25) is 0 Å². The van der Waals surface area contributed by atoms with Crippen LogP contribution in [0.1, 0.15) is 30.0 Å². The molecule has 1 N–H and O–H groups in total. The van der Waals surface area contributed by atoms with Crippen molar-refractivity contribution in [2.75, 3.05) is 0 Å². The van der Waals surface area contributed by atoms with Gasteiger partial charge in [0.25, 0.3) is 0 Å². The van der Waals surface area contributed by atoms with Crippen LogP contribution in [0.2, 0.25) is 5.02 Å². The second-order valence-electron chi connectivity index (χ2n) is 5.89. The minimum Gasteiger partial charge on any atom is -0.434 e. The van der Waals surface area contributed by atoms with E-state index in [0.717, 1.165) is 0 Å². The largest absolute Gasteiger partial charge is 0.434 e. The molecule has 1 aliphatic rings. The van der Waals surface area contributed by atoms with E-state index in [0.29, 0.717) is 26.9 Å². The van der Waals surface area contributed by atoms with E-state index in [4.69, 9.17) is 11.6 Å². The number of nitrogens with zero attached hydrogens (tertiary/aromatic N) is 2. The van der Waals surface area contributed by atoms with Crippen LogP contribution in [0.25, 0.3) is 11.0 Å². The average Bonchev–Trinajstić information content (AvgIpc) is 3.06. The monoisotopic (exact) mass is 446 g/mol. The normalized spacial score (nSPS) is 19.3. The molecule has 0 radical (unpaired) electrons. The summed E-state index contributed by atoms with van der Waals surface area (Å²) in [4.78, 5) is 4.28. The molecule has 9 heteroatoms. The van der Waals surface area contributed by atoms with Crippen molar-refractivity contribution >= 4 is 38.6 Å². The third-order valence-corrected chi connectivity index (χ3v) is 5.36. The van der Waals surface area contributed by atoms with Gasteiger partial charge in [0.2, 0.25) is 0 Å². The van der Waals surface area contributed by atoms with E-state index in [1.807, 2.05) is 0 Å². The smallest absolute Gasteiger partial charge is 0.387 e. The molecular formula is C17H11BrClF3N2O2. The number of alkyl halides is 2. The Labute approximate surface area is 159 Å². The lowest BCUT2D eigenvalue weighted by molar-refractivity contribution is -0.0507. The van der Waals surface area contributed by atoms with E-state index in [1.54, 1.807) is 16.7 Å². The van der Waals surface area contributed by atoms with Gasteiger partial charge < -0.3 is 14.4 Å². The number of rotatable bonds is 3. The average molecular weight is 448 g/mol. The molecule has 0 saturated carbocycles. The molecule has 0 amide bonds. The van der Waals surface area contributed by atoms with Gasteiger partial charge in [-0.2, -0.15) is 8.78 Å². The topological polar surface area (TPSA) is 47.3 Å². The summed E-state index contributed by atoms with van der Waals surface area (Å²) in [5.74, 6) is -0.301. The van der Waals surface area contributed by atoms with Gasteiger partial charge in [-0.1, -0.05) is 33.6 Å². The van der Waals surface area contributed by atoms with Crippen LogP contribution in [-0.4, -0.2) is 21.3 Å². The molecule has 1 aromatic heterocycles. The van der Waals surface area contributed by atoms with E-state index in [2.05, 4.69) is 25.7 Å². The third-order valence-electron chi connectivity index (χ3n) is 4.38. The van der Waals surface area contributed by atoms with Gasteiger partial charge in [0.15, 0.2) is 0 Å². The highest BCUT2D eigenvalue weighted by Gasteiger charge is 2.37. The molecule has 0 spiro atoms. The number of halogens is 5. The first-order chi connectivity index (χ1) is 12.4. The first-order valence-corrected chi connectivity index (χ1v) is 8.82. The molecule has 2 atom stereocenters. The van der Waals surface area contributed by atoms with Crippen molar-refractivity contribution in [2.45, 2.75) is 25.2 Å². The van der Waals surface area contributed by atoms with Crippen LogP contribution in [0, 0.1) is 5.82 Å². The van der Waals surface area contributed by atoms with Crippen molar-refractivity contribution in [3.8, 4) is 5.75 Å². The number of fused-ring (bicyclic) bond motifs is 3. The molecule has 136 valence electrons.